The fourth-order valence-corrected chi connectivity index (χ4v) is 5.23. The Hall–Kier alpha value is -3.70. The predicted molar refractivity (Wildman–Crippen MR) is 144 cm³/mol. The molecule has 0 saturated heterocycles. The van der Waals surface area contributed by atoms with E-state index in [9.17, 15) is 22.8 Å². The van der Waals surface area contributed by atoms with Gasteiger partial charge >= 0.3 is 5.97 Å². The standard InChI is InChI=1S/C15H21NO4.C12H13NO4S/c1-10-7-6-8-11(2)14(10)16(13(17)9-19-4)12(3)15(18)20-5;1-9-11(18(15,16)8-7-17-9)12(14)13-10-5-3-2-4-6-10/h6-8,12H,9H2,1-5H3;2-6H,7-8H2,1H3,(H,13,14). The van der Waals surface area contributed by atoms with Crippen LogP contribution < -0.4 is 10.2 Å². The van der Waals surface area contributed by atoms with Gasteiger partial charge in [-0.2, -0.15) is 0 Å². The SMILES string of the molecule is CC1=C(C(=O)Nc2ccccc2)S(=O)(=O)CCO1.COCC(=O)N(c1c(C)cccc1C)C(C)C(=O)OC. The highest BCUT2D eigenvalue weighted by Crippen LogP contribution is 2.27. The fourth-order valence-electron chi connectivity index (χ4n) is 3.89. The van der Waals surface area contributed by atoms with Gasteiger partial charge in [-0.25, -0.2) is 13.2 Å². The van der Waals surface area contributed by atoms with Crippen LogP contribution >= 0.6 is 0 Å². The van der Waals surface area contributed by atoms with Gasteiger partial charge < -0.3 is 19.5 Å². The number of para-hydroxylation sites is 2. The number of carbonyl (C=O) groups excluding carboxylic acids is 3. The molecule has 11 heteroatoms. The van der Waals surface area contributed by atoms with Crippen LogP contribution in [0.3, 0.4) is 0 Å². The van der Waals surface area contributed by atoms with E-state index in [-0.39, 0.29) is 35.5 Å². The van der Waals surface area contributed by atoms with Crippen molar-refractivity contribution in [3.63, 3.8) is 0 Å². The molecule has 206 valence electrons. The normalized spacial score (nSPS) is 14.8. The molecule has 1 heterocycles. The Balaban J connectivity index is 0.000000268. The van der Waals surface area contributed by atoms with Crippen LogP contribution in [0.4, 0.5) is 11.4 Å². The summed E-state index contributed by atoms with van der Waals surface area (Å²) in [5, 5.41) is 2.54. The number of anilines is 2. The fraction of sp³-hybridized carbons (Fsp3) is 0.370. The van der Waals surface area contributed by atoms with Crippen LogP contribution in [-0.4, -0.2) is 65.4 Å². The van der Waals surface area contributed by atoms with Crippen LogP contribution in [-0.2, 0) is 38.4 Å². The van der Waals surface area contributed by atoms with E-state index in [0.29, 0.717) is 5.69 Å². The van der Waals surface area contributed by atoms with Crippen LogP contribution in [0.25, 0.3) is 0 Å². The Morgan fingerprint density at radius 3 is 2.13 bits per heavy atom. The molecule has 10 nitrogen and oxygen atoms in total. The number of benzene rings is 2. The van der Waals surface area contributed by atoms with E-state index in [1.165, 1.54) is 26.0 Å². The minimum atomic E-state index is -3.55. The van der Waals surface area contributed by atoms with E-state index >= 15 is 0 Å². The molecule has 2 amide bonds. The van der Waals surface area contributed by atoms with Crippen molar-refractivity contribution in [2.24, 2.45) is 0 Å². The average molecular weight is 547 g/mol. The van der Waals surface area contributed by atoms with Crippen molar-refractivity contribution in [2.75, 3.05) is 43.4 Å². The minimum absolute atomic E-state index is 0.0882. The molecule has 1 aliphatic rings. The van der Waals surface area contributed by atoms with Crippen molar-refractivity contribution in [3.05, 3.63) is 70.3 Å². The van der Waals surface area contributed by atoms with Gasteiger partial charge in [0, 0.05) is 12.8 Å². The van der Waals surface area contributed by atoms with Crippen molar-refractivity contribution in [1.82, 2.24) is 0 Å². The zero-order valence-electron chi connectivity index (χ0n) is 22.4. The first-order chi connectivity index (χ1) is 17.9. The lowest BCUT2D eigenvalue weighted by atomic mass is 10.1. The lowest BCUT2D eigenvalue weighted by molar-refractivity contribution is -0.143. The van der Waals surface area contributed by atoms with E-state index in [1.54, 1.807) is 37.3 Å². The van der Waals surface area contributed by atoms with Crippen molar-refractivity contribution < 1.29 is 37.0 Å². The number of ether oxygens (including phenoxy) is 3. The van der Waals surface area contributed by atoms with Crippen molar-refractivity contribution >= 4 is 39.0 Å². The highest BCUT2D eigenvalue weighted by Gasteiger charge is 2.32. The number of aryl methyl sites for hydroxylation is 2. The predicted octanol–water partition coefficient (Wildman–Crippen LogP) is 3.15. The summed E-state index contributed by atoms with van der Waals surface area (Å²) >= 11 is 0. The second kappa shape index (κ2) is 13.7. The van der Waals surface area contributed by atoms with Gasteiger partial charge in [-0.3, -0.25) is 14.5 Å². The number of amides is 2. The number of hydrogen-bond acceptors (Lipinski definition) is 8. The summed E-state index contributed by atoms with van der Waals surface area (Å²) in [5.41, 5.74) is 3.12. The maximum absolute atomic E-state index is 12.3. The monoisotopic (exact) mass is 546 g/mol. The molecular weight excluding hydrogens is 512 g/mol. The molecule has 1 atom stereocenters. The third-order valence-electron chi connectivity index (χ3n) is 5.69. The summed E-state index contributed by atoms with van der Waals surface area (Å²) in [6.07, 6.45) is 0. The number of esters is 1. The molecule has 1 N–H and O–H groups in total. The minimum Gasteiger partial charge on any atom is -0.496 e. The molecule has 0 saturated carbocycles. The Kier molecular flexibility index (Phi) is 11.0. The van der Waals surface area contributed by atoms with Crippen LogP contribution in [0.15, 0.2) is 59.2 Å². The average Bonchev–Trinajstić information content (AvgIpc) is 2.86. The maximum atomic E-state index is 12.3. The summed E-state index contributed by atoms with van der Waals surface area (Å²) in [7, 11) is -0.793. The summed E-state index contributed by atoms with van der Waals surface area (Å²) in [6, 6.07) is 13.7. The maximum Gasteiger partial charge on any atom is 0.328 e. The summed E-state index contributed by atoms with van der Waals surface area (Å²) in [4.78, 5) is 37.2. The molecule has 2 aromatic carbocycles. The van der Waals surface area contributed by atoms with Crippen LogP contribution in [0.1, 0.15) is 25.0 Å². The lowest BCUT2D eigenvalue weighted by Gasteiger charge is -2.30. The highest BCUT2D eigenvalue weighted by molar-refractivity contribution is 7.96. The largest absolute Gasteiger partial charge is 0.496 e. The first-order valence-electron chi connectivity index (χ1n) is 11.8. The third-order valence-corrected chi connectivity index (χ3v) is 7.48. The van der Waals surface area contributed by atoms with Gasteiger partial charge in [-0.15, -0.1) is 0 Å². The van der Waals surface area contributed by atoms with E-state index in [1.807, 2.05) is 32.0 Å². The van der Waals surface area contributed by atoms with E-state index in [4.69, 9.17) is 14.2 Å². The highest BCUT2D eigenvalue weighted by atomic mass is 32.2. The quantitative estimate of drug-likeness (QED) is 0.525. The zero-order chi connectivity index (χ0) is 28.5. The second-order valence-corrected chi connectivity index (χ2v) is 10.6. The Bertz CT molecular complexity index is 1270. The van der Waals surface area contributed by atoms with Gasteiger partial charge in [-0.1, -0.05) is 36.4 Å². The number of hydrogen-bond donors (Lipinski definition) is 1. The zero-order valence-corrected chi connectivity index (χ0v) is 23.3. The number of allylic oxidation sites excluding steroid dienone is 1. The lowest BCUT2D eigenvalue weighted by Crippen LogP contribution is -2.46. The van der Waals surface area contributed by atoms with Gasteiger partial charge in [0.2, 0.25) is 0 Å². The van der Waals surface area contributed by atoms with Crippen molar-refractivity contribution in [3.8, 4) is 0 Å². The van der Waals surface area contributed by atoms with E-state index in [0.717, 1.165) is 16.8 Å². The molecule has 0 aromatic heterocycles. The van der Waals surface area contributed by atoms with Gasteiger partial charge in [0.1, 0.15) is 25.0 Å². The number of sulfone groups is 1. The Morgan fingerprint density at radius 2 is 1.61 bits per heavy atom. The molecule has 2 aromatic rings. The number of carbonyl (C=O) groups is 3. The molecule has 0 fully saturated rings. The van der Waals surface area contributed by atoms with Crippen molar-refractivity contribution in [2.45, 2.75) is 33.7 Å². The molecule has 1 aliphatic heterocycles. The first-order valence-corrected chi connectivity index (χ1v) is 13.5. The van der Waals surface area contributed by atoms with E-state index < -0.39 is 27.8 Å². The molecular formula is C27H34N2O8S. The van der Waals surface area contributed by atoms with Gasteiger partial charge in [-0.05, 0) is 51.0 Å². The summed E-state index contributed by atoms with van der Waals surface area (Å²) in [5.74, 6) is -1.41. The second-order valence-electron chi connectivity index (χ2n) is 8.51. The number of nitrogens with zero attached hydrogens (tertiary/aromatic N) is 1. The molecule has 0 radical (unpaired) electrons. The summed E-state index contributed by atoms with van der Waals surface area (Å²) in [6.45, 7) is 6.94. The number of methoxy groups -OCH3 is 2. The van der Waals surface area contributed by atoms with Gasteiger partial charge in [0.05, 0.1) is 18.6 Å². The van der Waals surface area contributed by atoms with Crippen molar-refractivity contribution in [1.29, 1.82) is 0 Å². The first kappa shape index (κ1) is 30.5. The van der Waals surface area contributed by atoms with Crippen LogP contribution in [0.5, 0.6) is 0 Å². The smallest absolute Gasteiger partial charge is 0.328 e. The number of nitrogens with one attached hydrogen (secondary N) is 1. The molecule has 0 bridgehead atoms. The molecule has 38 heavy (non-hydrogen) atoms. The van der Waals surface area contributed by atoms with Gasteiger partial charge in [0.15, 0.2) is 14.7 Å². The molecule has 0 aliphatic carbocycles. The third kappa shape index (κ3) is 7.65. The van der Waals surface area contributed by atoms with Crippen LogP contribution in [0.2, 0.25) is 0 Å². The van der Waals surface area contributed by atoms with E-state index in [2.05, 4.69) is 5.32 Å². The number of rotatable bonds is 7. The molecule has 1 unspecified atom stereocenters. The Morgan fingerprint density at radius 1 is 1.00 bits per heavy atom. The van der Waals surface area contributed by atoms with Gasteiger partial charge in [0.25, 0.3) is 11.8 Å². The molecule has 0 spiro atoms. The molecule has 3 rings (SSSR count). The summed E-state index contributed by atoms with van der Waals surface area (Å²) < 4.78 is 38.4. The topological polar surface area (TPSA) is 128 Å². The van der Waals surface area contributed by atoms with Crippen LogP contribution in [0, 0.1) is 13.8 Å². The Labute approximate surface area is 223 Å².